The summed E-state index contributed by atoms with van der Waals surface area (Å²) in [7, 11) is 0. The highest BCUT2D eigenvalue weighted by atomic mass is 79.9. The van der Waals surface area contributed by atoms with Gasteiger partial charge in [0.05, 0.1) is 11.0 Å². The SMILES string of the molecule is Brc1ccc(-c2c3ccccc3c(-c3ccccc3)c3ccccc23)cc1.c1ccc(-c2c3ccccc3c(-c3ccc(-n4c5ccccc5c5cc(N(c6ccccc6)c6ccccc6)ccc54)cc3)c3ccccc23)cc1.c1ccc(N(c2ccccc2)c2ccc3[nH]c4ccccc4c3c2)cc1. The van der Waals surface area contributed by atoms with Gasteiger partial charge in [-0.3, -0.25) is 0 Å². The topological polar surface area (TPSA) is 27.2 Å². The second-order valence-corrected chi connectivity index (χ2v) is 27.4. The minimum Gasteiger partial charge on any atom is -0.355 e. The van der Waals surface area contributed by atoms with Crippen molar-refractivity contribution in [3.8, 4) is 50.2 Å². The van der Waals surface area contributed by atoms with E-state index in [2.05, 4.69) is 448 Å². The third-order valence-electron chi connectivity index (χ3n) is 20.3. The van der Waals surface area contributed by atoms with Gasteiger partial charge in [0.2, 0.25) is 0 Å². The third-order valence-corrected chi connectivity index (χ3v) is 20.8. The summed E-state index contributed by atoms with van der Waals surface area (Å²) in [5.74, 6) is 0. The van der Waals surface area contributed by atoms with Crippen LogP contribution >= 0.6 is 15.9 Å². The van der Waals surface area contributed by atoms with Crippen molar-refractivity contribution in [1.82, 2.24) is 9.55 Å². The Balaban J connectivity index is 0.000000124. The first-order valence-corrected chi connectivity index (χ1v) is 36.5. The molecule has 5 heteroatoms. The van der Waals surface area contributed by atoms with E-state index in [1.165, 1.54) is 126 Å². The van der Waals surface area contributed by atoms with Gasteiger partial charge in [-0.25, -0.2) is 0 Å². The van der Waals surface area contributed by atoms with Crippen molar-refractivity contribution in [2.75, 3.05) is 9.80 Å². The average Bonchev–Trinajstić information content (AvgIpc) is 0.928. The molecule has 0 atom stereocenters. The maximum atomic E-state index is 3.56. The van der Waals surface area contributed by atoms with Gasteiger partial charge in [0.1, 0.15) is 0 Å². The summed E-state index contributed by atoms with van der Waals surface area (Å²) in [5, 5.41) is 15.2. The Morgan fingerprint density at radius 1 is 0.200 bits per heavy atom. The highest BCUT2D eigenvalue weighted by molar-refractivity contribution is 9.10. The molecule has 0 aliphatic heterocycles. The number of aromatic amines is 1. The van der Waals surface area contributed by atoms with Crippen LogP contribution in [-0.4, -0.2) is 9.55 Å². The summed E-state index contributed by atoms with van der Waals surface area (Å²) in [6.45, 7) is 0. The summed E-state index contributed by atoms with van der Waals surface area (Å²) >= 11 is 3.56. The predicted molar refractivity (Wildman–Crippen MR) is 452 cm³/mol. The van der Waals surface area contributed by atoms with Crippen molar-refractivity contribution in [3.63, 3.8) is 0 Å². The molecule has 1 N–H and O–H groups in total. The highest BCUT2D eigenvalue weighted by Crippen LogP contribution is 2.47. The predicted octanol–water partition coefficient (Wildman–Crippen LogP) is 28.8. The Morgan fingerprint density at radius 2 is 0.486 bits per heavy atom. The monoisotopic (exact) mass is 1400 g/mol. The lowest BCUT2D eigenvalue weighted by atomic mass is 9.86. The number of hydrogen-bond donors (Lipinski definition) is 1. The fourth-order valence-corrected chi connectivity index (χ4v) is 15.9. The molecule has 0 spiro atoms. The van der Waals surface area contributed by atoms with Gasteiger partial charge in [-0.2, -0.15) is 0 Å². The van der Waals surface area contributed by atoms with Crippen LogP contribution < -0.4 is 9.80 Å². The average molecular weight is 1410 g/mol. The Labute approximate surface area is 619 Å². The van der Waals surface area contributed by atoms with Crippen LogP contribution in [0.3, 0.4) is 0 Å². The summed E-state index contributed by atoms with van der Waals surface area (Å²) < 4.78 is 3.50. The van der Waals surface area contributed by atoms with Crippen LogP contribution in [0.4, 0.5) is 34.1 Å². The molecule has 0 saturated carbocycles. The molecule has 20 aromatic rings. The van der Waals surface area contributed by atoms with Gasteiger partial charge in [0, 0.05) is 76.9 Å². The van der Waals surface area contributed by atoms with E-state index in [0.717, 1.165) is 49.8 Å². The molecule has 0 saturated heterocycles. The molecule has 0 radical (unpaired) electrons. The molecular weight excluding hydrogens is 1340 g/mol. The number of aromatic nitrogens is 2. The molecular formula is C100H69BrN4. The number of nitrogens with one attached hydrogen (secondary N) is 1. The normalized spacial score (nSPS) is 11.3. The standard InChI is InChI=1S/C50H34N2.C26H17Br.C24H18N2/c1-4-16-35(17-5-1)49-42-23-10-12-25-44(42)50(45-26-13-11-24-43(45)49)36-28-30-39(31-29-36)52-47-27-15-14-22-41(47)46-34-40(32-33-48(46)52)51(37-18-6-2-7-19-37)38-20-8-3-9-21-38;27-20-16-14-19(15-17-20)26-23-12-6-4-10-21(23)25(18-8-2-1-3-9-18)22-11-5-7-13-24(22)26;1-3-9-18(10-4-1)26(19-11-5-2-6-12-19)20-15-16-24-22(17-20)21-13-7-8-14-23(21)25-24/h1-34H;1-17H;1-17,25H. The first kappa shape index (κ1) is 63.8. The Hall–Kier alpha value is -13.3. The number of halogens is 1. The van der Waals surface area contributed by atoms with Gasteiger partial charge in [-0.1, -0.05) is 307 Å². The van der Waals surface area contributed by atoms with Gasteiger partial charge < -0.3 is 19.4 Å². The van der Waals surface area contributed by atoms with E-state index in [0.29, 0.717) is 0 Å². The molecule has 18 aromatic carbocycles. The smallest absolute Gasteiger partial charge is 0.0542 e. The van der Waals surface area contributed by atoms with Crippen LogP contribution in [0, 0.1) is 0 Å². The molecule has 105 heavy (non-hydrogen) atoms. The number of fused-ring (bicyclic) bond motifs is 10. The second kappa shape index (κ2) is 28.2. The van der Waals surface area contributed by atoms with E-state index in [1.807, 2.05) is 0 Å². The van der Waals surface area contributed by atoms with Crippen LogP contribution in [0.2, 0.25) is 0 Å². The molecule has 2 heterocycles. The Kier molecular flexibility index (Phi) is 17.2. The zero-order chi connectivity index (χ0) is 70.0. The van der Waals surface area contributed by atoms with E-state index in [4.69, 9.17) is 0 Å². The largest absolute Gasteiger partial charge is 0.355 e. The summed E-state index contributed by atoms with van der Waals surface area (Å²) in [4.78, 5) is 8.13. The fraction of sp³-hybridized carbons (Fsp3) is 0. The van der Waals surface area contributed by atoms with Gasteiger partial charge >= 0.3 is 0 Å². The van der Waals surface area contributed by atoms with Crippen molar-refractivity contribution < 1.29 is 0 Å². The maximum Gasteiger partial charge on any atom is 0.0542 e. The number of anilines is 6. The van der Waals surface area contributed by atoms with E-state index in [9.17, 15) is 0 Å². The van der Waals surface area contributed by atoms with Crippen molar-refractivity contribution >= 4 is 137 Å². The van der Waals surface area contributed by atoms with Gasteiger partial charge in [-0.15, -0.1) is 0 Å². The summed E-state index contributed by atoms with van der Waals surface area (Å²) in [6, 6.07) is 147. The number of H-pyrrole nitrogens is 1. The molecule has 496 valence electrons. The highest BCUT2D eigenvalue weighted by Gasteiger charge is 2.22. The van der Waals surface area contributed by atoms with Crippen molar-refractivity contribution in [2.45, 2.75) is 0 Å². The number of hydrogen-bond acceptors (Lipinski definition) is 2. The number of rotatable bonds is 11. The van der Waals surface area contributed by atoms with E-state index >= 15 is 0 Å². The zero-order valence-electron chi connectivity index (χ0n) is 57.5. The van der Waals surface area contributed by atoms with E-state index < -0.39 is 0 Å². The van der Waals surface area contributed by atoms with Gasteiger partial charge in [0.15, 0.2) is 0 Å². The first-order chi connectivity index (χ1) is 52.1. The van der Waals surface area contributed by atoms with Gasteiger partial charge in [0.25, 0.3) is 0 Å². The van der Waals surface area contributed by atoms with Crippen molar-refractivity contribution in [1.29, 1.82) is 0 Å². The molecule has 0 fully saturated rings. The maximum absolute atomic E-state index is 3.56. The lowest BCUT2D eigenvalue weighted by Gasteiger charge is -2.25. The lowest BCUT2D eigenvalue weighted by Crippen LogP contribution is -2.09. The zero-order valence-corrected chi connectivity index (χ0v) is 59.1. The van der Waals surface area contributed by atoms with E-state index in [1.54, 1.807) is 0 Å². The molecule has 4 nitrogen and oxygen atoms in total. The lowest BCUT2D eigenvalue weighted by molar-refractivity contribution is 1.18. The second-order valence-electron chi connectivity index (χ2n) is 26.4. The molecule has 0 bridgehead atoms. The van der Waals surface area contributed by atoms with Crippen LogP contribution in [0.1, 0.15) is 0 Å². The summed E-state index contributed by atoms with van der Waals surface area (Å²) in [5.41, 5.74) is 22.8. The number of nitrogens with zero attached hydrogens (tertiary/aromatic N) is 3. The van der Waals surface area contributed by atoms with Crippen LogP contribution in [0.25, 0.3) is 137 Å². The fourth-order valence-electron chi connectivity index (χ4n) is 15.7. The molecule has 20 rings (SSSR count). The van der Waals surface area contributed by atoms with Gasteiger partial charge in [-0.05, 0) is 209 Å². The molecule has 0 aliphatic rings. The molecule has 2 aromatic heterocycles. The van der Waals surface area contributed by atoms with Crippen LogP contribution in [-0.2, 0) is 0 Å². The molecule has 0 aliphatic carbocycles. The number of para-hydroxylation sites is 6. The Morgan fingerprint density at radius 3 is 0.886 bits per heavy atom. The summed E-state index contributed by atoms with van der Waals surface area (Å²) in [6.07, 6.45) is 0. The first-order valence-electron chi connectivity index (χ1n) is 35.7. The quantitative estimate of drug-likeness (QED) is 0.131. The van der Waals surface area contributed by atoms with Crippen molar-refractivity contribution in [2.24, 2.45) is 0 Å². The number of benzene rings is 18. The minimum absolute atomic E-state index is 1.10. The van der Waals surface area contributed by atoms with Crippen LogP contribution in [0.5, 0.6) is 0 Å². The Bertz CT molecular complexity index is 6310. The molecule has 0 unspecified atom stereocenters. The third kappa shape index (κ3) is 12.1. The van der Waals surface area contributed by atoms with E-state index in [-0.39, 0.29) is 0 Å². The van der Waals surface area contributed by atoms with Crippen molar-refractivity contribution in [3.05, 3.63) is 417 Å². The molecule has 0 amide bonds. The minimum atomic E-state index is 1.10. The van der Waals surface area contributed by atoms with Crippen LogP contribution in [0.15, 0.2) is 417 Å².